The highest BCUT2D eigenvalue weighted by atomic mass is 35.5. The molecule has 0 bridgehead atoms. The number of rotatable bonds is 5. The van der Waals surface area contributed by atoms with Crippen molar-refractivity contribution in [2.45, 2.75) is 19.5 Å². The summed E-state index contributed by atoms with van der Waals surface area (Å²) in [6.45, 7) is 2.17. The van der Waals surface area contributed by atoms with Crippen molar-refractivity contribution in [3.8, 4) is 11.5 Å². The lowest BCUT2D eigenvalue weighted by molar-refractivity contribution is -0.122. The molecule has 2 N–H and O–H groups in total. The monoisotopic (exact) mass is 360 g/mol. The Morgan fingerprint density at radius 1 is 1.12 bits per heavy atom. The Morgan fingerprint density at radius 3 is 2.60 bits per heavy atom. The molecule has 0 saturated carbocycles. The molecule has 2 aromatic carbocycles. The number of nitrogens with one attached hydrogen (secondary N) is 2. The zero-order valence-electron chi connectivity index (χ0n) is 13.5. The molecule has 3 rings (SSSR count). The molecule has 0 saturated heterocycles. The Hall–Kier alpha value is -2.73. The van der Waals surface area contributed by atoms with Crippen LogP contribution in [0.3, 0.4) is 0 Å². The van der Waals surface area contributed by atoms with Crippen LogP contribution in [0.2, 0.25) is 5.02 Å². The van der Waals surface area contributed by atoms with E-state index >= 15 is 0 Å². The predicted molar refractivity (Wildman–Crippen MR) is 92.8 cm³/mol. The molecular formula is C18H17ClN2O4. The average Bonchev–Trinajstić information content (AvgIpc) is 3.07. The predicted octanol–water partition coefficient (Wildman–Crippen LogP) is 2.50. The van der Waals surface area contributed by atoms with Crippen LogP contribution in [0.25, 0.3) is 0 Å². The smallest absolute Gasteiger partial charge is 0.251 e. The first kappa shape index (κ1) is 17.1. The second-order valence-electron chi connectivity index (χ2n) is 5.61. The molecule has 0 aliphatic carbocycles. The fourth-order valence-corrected chi connectivity index (χ4v) is 2.47. The van der Waals surface area contributed by atoms with Gasteiger partial charge in [-0.05, 0) is 48.9 Å². The second-order valence-corrected chi connectivity index (χ2v) is 6.04. The Bertz CT molecular complexity index is 792. The lowest BCUT2D eigenvalue weighted by Gasteiger charge is -2.14. The number of benzene rings is 2. The first-order valence-corrected chi connectivity index (χ1v) is 8.13. The van der Waals surface area contributed by atoms with Crippen LogP contribution in [0.1, 0.15) is 22.8 Å². The van der Waals surface area contributed by atoms with Gasteiger partial charge >= 0.3 is 0 Å². The van der Waals surface area contributed by atoms with Crippen LogP contribution >= 0.6 is 11.6 Å². The van der Waals surface area contributed by atoms with E-state index in [9.17, 15) is 9.59 Å². The molecule has 1 heterocycles. The maximum Gasteiger partial charge on any atom is 0.251 e. The minimum atomic E-state index is -0.669. The van der Waals surface area contributed by atoms with Crippen molar-refractivity contribution < 1.29 is 19.1 Å². The van der Waals surface area contributed by atoms with E-state index in [1.165, 1.54) is 0 Å². The zero-order chi connectivity index (χ0) is 17.8. The van der Waals surface area contributed by atoms with Crippen LogP contribution in [0.4, 0.5) is 0 Å². The molecule has 1 atom stereocenters. The van der Waals surface area contributed by atoms with Crippen LogP contribution in [0.15, 0.2) is 42.5 Å². The largest absolute Gasteiger partial charge is 0.454 e. The first-order valence-electron chi connectivity index (χ1n) is 7.75. The summed E-state index contributed by atoms with van der Waals surface area (Å²) in [5, 5.41) is 5.99. The van der Waals surface area contributed by atoms with Crippen molar-refractivity contribution >= 4 is 23.4 Å². The molecule has 2 amide bonds. The summed E-state index contributed by atoms with van der Waals surface area (Å²) in [5.74, 6) is 0.747. The fourth-order valence-electron chi connectivity index (χ4n) is 2.34. The minimum Gasteiger partial charge on any atom is -0.454 e. The van der Waals surface area contributed by atoms with Crippen LogP contribution in [0.5, 0.6) is 11.5 Å². The Labute approximate surface area is 150 Å². The molecule has 0 radical (unpaired) electrons. The van der Waals surface area contributed by atoms with Crippen molar-refractivity contribution in [1.29, 1.82) is 0 Å². The van der Waals surface area contributed by atoms with E-state index in [2.05, 4.69) is 10.6 Å². The van der Waals surface area contributed by atoms with Gasteiger partial charge in [-0.1, -0.05) is 17.7 Å². The summed E-state index contributed by atoms with van der Waals surface area (Å²) in [7, 11) is 0. The van der Waals surface area contributed by atoms with Crippen LogP contribution in [0, 0.1) is 0 Å². The van der Waals surface area contributed by atoms with Crippen molar-refractivity contribution in [2.75, 3.05) is 6.79 Å². The van der Waals surface area contributed by atoms with E-state index < -0.39 is 6.04 Å². The lowest BCUT2D eigenvalue weighted by atomic mass is 10.2. The summed E-state index contributed by atoms with van der Waals surface area (Å²) in [4.78, 5) is 24.3. The number of carbonyl (C=O) groups is 2. The highest BCUT2D eigenvalue weighted by Gasteiger charge is 2.17. The number of carbonyl (C=O) groups excluding carboxylic acids is 2. The van der Waals surface area contributed by atoms with E-state index in [1.807, 2.05) is 12.1 Å². The second kappa shape index (κ2) is 7.44. The molecule has 1 aliphatic heterocycles. The number of halogens is 1. The molecule has 2 aromatic rings. The van der Waals surface area contributed by atoms with Crippen molar-refractivity contribution in [1.82, 2.24) is 10.6 Å². The van der Waals surface area contributed by atoms with E-state index in [4.69, 9.17) is 21.1 Å². The topological polar surface area (TPSA) is 76.7 Å². The standard InChI is InChI=1S/C18H17ClN2O4/c1-11(21-18(23)13-3-5-14(19)6-4-13)17(22)20-9-12-2-7-15-16(8-12)25-10-24-15/h2-8,11H,9-10H2,1H3,(H,20,22)(H,21,23). The summed E-state index contributed by atoms with van der Waals surface area (Å²) in [6, 6.07) is 11.3. The van der Waals surface area contributed by atoms with E-state index in [0.29, 0.717) is 28.6 Å². The van der Waals surface area contributed by atoms with E-state index in [0.717, 1.165) is 5.56 Å². The van der Waals surface area contributed by atoms with Gasteiger partial charge in [0, 0.05) is 17.1 Å². The Balaban J connectivity index is 1.52. The minimum absolute atomic E-state index is 0.207. The molecule has 1 unspecified atom stereocenters. The highest BCUT2D eigenvalue weighted by molar-refractivity contribution is 6.30. The third-order valence-electron chi connectivity index (χ3n) is 3.75. The van der Waals surface area contributed by atoms with Crippen LogP contribution in [-0.2, 0) is 11.3 Å². The maximum atomic E-state index is 12.2. The van der Waals surface area contributed by atoms with Crippen molar-refractivity contribution in [2.24, 2.45) is 0 Å². The van der Waals surface area contributed by atoms with Gasteiger partial charge < -0.3 is 20.1 Å². The van der Waals surface area contributed by atoms with Gasteiger partial charge in [0.25, 0.3) is 5.91 Å². The van der Waals surface area contributed by atoms with E-state index in [1.54, 1.807) is 37.3 Å². The molecule has 0 spiro atoms. The zero-order valence-corrected chi connectivity index (χ0v) is 14.3. The van der Waals surface area contributed by atoms with E-state index in [-0.39, 0.29) is 18.6 Å². The number of hydrogen-bond donors (Lipinski definition) is 2. The summed E-state index contributed by atoms with van der Waals surface area (Å²) in [5.41, 5.74) is 1.33. The van der Waals surface area contributed by atoms with Gasteiger partial charge in [0.05, 0.1) is 0 Å². The Morgan fingerprint density at radius 2 is 1.84 bits per heavy atom. The summed E-state index contributed by atoms with van der Waals surface area (Å²) in [6.07, 6.45) is 0. The number of hydrogen-bond acceptors (Lipinski definition) is 4. The van der Waals surface area contributed by atoms with Crippen LogP contribution < -0.4 is 20.1 Å². The molecule has 6 nitrogen and oxygen atoms in total. The average molecular weight is 361 g/mol. The summed E-state index contributed by atoms with van der Waals surface area (Å²) < 4.78 is 10.5. The molecule has 0 aromatic heterocycles. The molecule has 25 heavy (non-hydrogen) atoms. The number of fused-ring (bicyclic) bond motifs is 1. The fraction of sp³-hybridized carbons (Fsp3) is 0.222. The quantitative estimate of drug-likeness (QED) is 0.859. The van der Waals surface area contributed by atoms with Crippen molar-refractivity contribution in [3.05, 3.63) is 58.6 Å². The normalized spacial score (nSPS) is 13.2. The van der Waals surface area contributed by atoms with Gasteiger partial charge in [0.2, 0.25) is 12.7 Å². The lowest BCUT2D eigenvalue weighted by Crippen LogP contribution is -2.44. The van der Waals surface area contributed by atoms with Gasteiger partial charge in [-0.15, -0.1) is 0 Å². The maximum absolute atomic E-state index is 12.2. The number of amides is 2. The van der Waals surface area contributed by atoms with Gasteiger partial charge in [-0.2, -0.15) is 0 Å². The molecule has 0 fully saturated rings. The summed E-state index contributed by atoms with van der Waals surface area (Å²) >= 11 is 5.79. The molecule has 1 aliphatic rings. The molecular weight excluding hydrogens is 344 g/mol. The molecule has 130 valence electrons. The third-order valence-corrected chi connectivity index (χ3v) is 4.00. The van der Waals surface area contributed by atoms with Gasteiger partial charge in [-0.3, -0.25) is 9.59 Å². The highest BCUT2D eigenvalue weighted by Crippen LogP contribution is 2.32. The first-order chi connectivity index (χ1) is 12.0. The van der Waals surface area contributed by atoms with Crippen molar-refractivity contribution in [3.63, 3.8) is 0 Å². The van der Waals surface area contributed by atoms with Gasteiger partial charge in [0.15, 0.2) is 11.5 Å². The van der Waals surface area contributed by atoms with Crippen LogP contribution in [-0.4, -0.2) is 24.6 Å². The third kappa shape index (κ3) is 4.22. The SMILES string of the molecule is CC(NC(=O)c1ccc(Cl)cc1)C(=O)NCc1ccc2c(c1)OCO2. The molecule has 7 heteroatoms. The number of ether oxygens (including phenoxy) is 2. The van der Waals surface area contributed by atoms with Gasteiger partial charge in [0.1, 0.15) is 6.04 Å². The Kier molecular flexibility index (Phi) is 5.09. The van der Waals surface area contributed by atoms with Gasteiger partial charge in [-0.25, -0.2) is 0 Å².